The summed E-state index contributed by atoms with van der Waals surface area (Å²) >= 11 is 0. The van der Waals surface area contributed by atoms with Crippen LogP contribution in [-0.4, -0.2) is 31.7 Å². The molecule has 198 valence electrons. The van der Waals surface area contributed by atoms with Crippen LogP contribution < -0.4 is 38.3 Å². The van der Waals surface area contributed by atoms with E-state index >= 15 is 0 Å². The number of amides is 2. The largest absolute Gasteiger partial charge is 0.397 e. The highest BCUT2D eigenvalue weighted by atomic mass is 16.2. The van der Waals surface area contributed by atoms with Crippen molar-refractivity contribution in [1.29, 1.82) is 0 Å². The van der Waals surface area contributed by atoms with Gasteiger partial charge in [0.15, 0.2) is 5.78 Å². The van der Waals surface area contributed by atoms with E-state index in [0.29, 0.717) is 45.0 Å². The maximum atomic E-state index is 13.0. The Kier molecular flexibility index (Phi) is 8.08. The van der Waals surface area contributed by atoms with Crippen LogP contribution in [0.5, 0.6) is 0 Å². The molecule has 2 amide bonds. The summed E-state index contributed by atoms with van der Waals surface area (Å²) < 4.78 is 0. The zero-order valence-corrected chi connectivity index (χ0v) is 21.5. The van der Waals surface area contributed by atoms with E-state index < -0.39 is 0 Å². The molecule has 0 saturated carbocycles. The van der Waals surface area contributed by atoms with E-state index in [9.17, 15) is 14.4 Å². The van der Waals surface area contributed by atoms with Crippen LogP contribution in [0.2, 0.25) is 0 Å². The summed E-state index contributed by atoms with van der Waals surface area (Å²) in [5.74, 6) is 4.71. The van der Waals surface area contributed by atoms with Crippen molar-refractivity contribution in [2.24, 2.45) is 5.84 Å². The van der Waals surface area contributed by atoms with E-state index in [1.54, 1.807) is 99.0 Å². The average Bonchev–Trinajstić information content (AvgIpc) is 2.97. The Hall–Kier alpha value is -5.35. The van der Waals surface area contributed by atoms with Gasteiger partial charge >= 0.3 is 0 Å². The first-order valence-corrected chi connectivity index (χ1v) is 12.1. The highest BCUT2D eigenvalue weighted by Crippen LogP contribution is 2.23. The quantitative estimate of drug-likeness (QED) is 0.0736. The minimum absolute atomic E-state index is 0.192. The lowest BCUT2D eigenvalue weighted by molar-refractivity contribution is 0.101. The average molecular weight is 524 g/mol. The monoisotopic (exact) mass is 523 g/mol. The van der Waals surface area contributed by atoms with Gasteiger partial charge in [0.05, 0.1) is 22.7 Å². The third-order valence-corrected chi connectivity index (χ3v) is 6.10. The summed E-state index contributed by atoms with van der Waals surface area (Å²) in [7, 11) is 3.51. The number of nitrogens with one attached hydrogen (secondary N) is 5. The van der Waals surface area contributed by atoms with Crippen molar-refractivity contribution in [3.63, 3.8) is 0 Å². The van der Waals surface area contributed by atoms with E-state index in [2.05, 4.69) is 26.7 Å². The number of anilines is 6. The zero-order chi connectivity index (χ0) is 27.9. The minimum atomic E-state index is -0.313. The van der Waals surface area contributed by atoms with Crippen LogP contribution in [0.4, 0.5) is 34.1 Å². The van der Waals surface area contributed by atoms with Gasteiger partial charge in [-0.25, -0.2) is 0 Å². The molecule has 4 rings (SSSR count). The molecule has 4 aromatic carbocycles. The summed E-state index contributed by atoms with van der Waals surface area (Å²) in [5.41, 5.74) is 13.9. The van der Waals surface area contributed by atoms with Gasteiger partial charge in [0.2, 0.25) is 0 Å². The van der Waals surface area contributed by atoms with Gasteiger partial charge in [-0.1, -0.05) is 0 Å². The molecule has 0 heterocycles. The van der Waals surface area contributed by atoms with Gasteiger partial charge in [-0.2, -0.15) is 0 Å². The van der Waals surface area contributed by atoms with Crippen molar-refractivity contribution < 1.29 is 14.4 Å². The minimum Gasteiger partial charge on any atom is -0.397 e. The van der Waals surface area contributed by atoms with E-state index in [1.807, 2.05) is 0 Å². The van der Waals surface area contributed by atoms with Crippen molar-refractivity contribution in [3.8, 4) is 0 Å². The Morgan fingerprint density at radius 3 is 1.44 bits per heavy atom. The fourth-order valence-electron chi connectivity index (χ4n) is 3.94. The van der Waals surface area contributed by atoms with Crippen LogP contribution in [-0.2, 0) is 0 Å². The number of carbonyl (C=O) groups excluding carboxylic acids is 3. The molecule has 0 aliphatic heterocycles. The maximum absolute atomic E-state index is 13.0. The summed E-state index contributed by atoms with van der Waals surface area (Å²) in [6.45, 7) is 0. The molecule has 4 aromatic rings. The molecule has 39 heavy (non-hydrogen) atoms. The SMILES string of the molecule is CNc1ccc(C(=O)Nc2ccc(C(=O)c3ccc(NC(=O)c4ccc(NC)c(NN)c4)cc3)cc2)cc1N. The summed E-state index contributed by atoms with van der Waals surface area (Å²) in [4.78, 5) is 38.2. The molecule has 0 aliphatic carbocycles. The van der Waals surface area contributed by atoms with Crippen molar-refractivity contribution in [2.45, 2.75) is 0 Å². The van der Waals surface area contributed by atoms with Crippen LogP contribution in [0.3, 0.4) is 0 Å². The molecular formula is C29H29N7O3. The Bertz CT molecular complexity index is 1520. The molecule has 10 nitrogen and oxygen atoms in total. The molecule has 0 aromatic heterocycles. The highest BCUT2D eigenvalue weighted by molar-refractivity contribution is 6.10. The number of nitrogens with two attached hydrogens (primary N) is 2. The van der Waals surface area contributed by atoms with Crippen LogP contribution in [0.1, 0.15) is 36.6 Å². The van der Waals surface area contributed by atoms with Crippen LogP contribution in [0, 0.1) is 0 Å². The lowest BCUT2D eigenvalue weighted by Gasteiger charge is -2.11. The molecule has 0 atom stereocenters. The first kappa shape index (κ1) is 26.7. The van der Waals surface area contributed by atoms with Gasteiger partial charge in [0.1, 0.15) is 0 Å². The first-order chi connectivity index (χ1) is 18.8. The van der Waals surface area contributed by atoms with Crippen LogP contribution >= 0.6 is 0 Å². The number of ketones is 1. The lowest BCUT2D eigenvalue weighted by atomic mass is 10.0. The Morgan fingerprint density at radius 2 is 1.00 bits per heavy atom. The van der Waals surface area contributed by atoms with E-state index in [1.165, 1.54) is 0 Å². The van der Waals surface area contributed by atoms with Gasteiger partial charge in [-0.05, 0) is 84.9 Å². The first-order valence-electron chi connectivity index (χ1n) is 12.1. The van der Waals surface area contributed by atoms with Crippen molar-refractivity contribution in [3.05, 3.63) is 107 Å². The molecule has 0 radical (unpaired) electrons. The molecule has 9 N–H and O–H groups in total. The van der Waals surface area contributed by atoms with E-state index in [4.69, 9.17) is 11.6 Å². The third kappa shape index (κ3) is 6.14. The smallest absolute Gasteiger partial charge is 0.255 e. The van der Waals surface area contributed by atoms with Crippen molar-refractivity contribution in [1.82, 2.24) is 0 Å². The van der Waals surface area contributed by atoms with Crippen LogP contribution in [0.25, 0.3) is 0 Å². The Labute approximate surface area is 225 Å². The van der Waals surface area contributed by atoms with Gasteiger partial charge in [0, 0.05) is 47.7 Å². The van der Waals surface area contributed by atoms with Gasteiger partial charge in [0.25, 0.3) is 11.8 Å². The van der Waals surface area contributed by atoms with Crippen molar-refractivity contribution in [2.75, 3.05) is 46.5 Å². The number of hydrogen-bond donors (Lipinski definition) is 7. The lowest BCUT2D eigenvalue weighted by Crippen LogP contribution is -2.14. The van der Waals surface area contributed by atoms with E-state index in [-0.39, 0.29) is 17.6 Å². The molecule has 0 saturated heterocycles. The Morgan fingerprint density at radius 1 is 0.564 bits per heavy atom. The zero-order valence-electron chi connectivity index (χ0n) is 21.5. The number of benzene rings is 4. The predicted molar refractivity (Wildman–Crippen MR) is 156 cm³/mol. The molecule has 0 unspecified atom stereocenters. The summed E-state index contributed by atoms with van der Waals surface area (Å²) in [5, 5.41) is 11.5. The van der Waals surface area contributed by atoms with Gasteiger partial charge in [-0.15, -0.1) is 0 Å². The molecule has 10 heteroatoms. The molecule has 0 fully saturated rings. The second kappa shape index (κ2) is 11.8. The van der Waals surface area contributed by atoms with Crippen molar-refractivity contribution >= 4 is 51.7 Å². The van der Waals surface area contributed by atoms with E-state index in [0.717, 1.165) is 11.4 Å². The number of nitrogen functional groups attached to an aromatic ring is 2. The highest BCUT2D eigenvalue weighted by Gasteiger charge is 2.13. The predicted octanol–water partition coefficient (Wildman–Crippen LogP) is 4.37. The number of hydrazine groups is 1. The normalized spacial score (nSPS) is 10.3. The number of carbonyl (C=O) groups is 3. The molecule has 0 spiro atoms. The fraction of sp³-hybridized carbons (Fsp3) is 0.0690. The standard InChI is InChI=1S/C29H29N7O3/c1-32-24-13-7-19(15-23(24)30)28(38)34-21-9-3-17(4-10-21)27(37)18-5-11-22(12-6-18)35-29(39)20-8-14-25(33-2)26(16-20)36-31/h3-16,32-33,36H,30-31H2,1-2H3,(H,34,38)(H,35,39). The topological polar surface area (TPSA) is 163 Å². The molecule has 0 aliphatic rings. The maximum Gasteiger partial charge on any atom is 0.255 e. The van der Waals surface area contributed by atoms with Gasteiger partial charge < -0.3 is 32.4 Å². The number of hydrogen-bond acceptors (Lipinski definition) is 8. The molecular weight excluding hydrogens is 494 g/mol. The second-order valence-electron chi connectivity index (χ2n) is 8.60. The number of rotatable bonds is 9. The second-order valence-corrected chi connectivity index (χ2v) is 8.60. The summed E-state index contributed by atoms with van der Waals surface area (Å²) in [6, 6.07) is 23.3. The van der Waals surface area contributed by atoms with Crippen LogP contribution in [0.15, 0.2) is 84.9 Å². The van der Waals surface area contributed by atoms with Gasteiger partial charge in [-0.3, -0.25) is 20.2 Å². The molecule has 0 bridgehead atoms. The fourth-order valence-corrected chi connectivity index (χ4v) is 3.94. The summed E-state index contributed by atoms with van der Waals surface area (Å²) in [6.07, 6.45) is 0. The third-order valence-electron chi connectivity index (χ3n) is 6.10. The Balaban J connectivity index is 1.38.